The van der Waals surface area contributed by atoms with E-state index in [0.717, 1.165) is 42.9 Å². The second kappa shape index (κ2) is 7.95. The van der Waals surface area contributed by atoms with E-state index >= 15 is 0 Å². The Kier molecular flexibility index (Phi) is 5.99. The van der Waals surface area contributed by atoms with Crippen LogP contribution in [0.1, 0.15) is 105 Å². The monoisotopic (exact) mass is 402 g/mol. The van der Waals surface area contributed by atoms with Crippen molar-refractivity contribution in [2.24, 2.45) is 52.3 Å². The lowest BCUT2D eigenvalue weighted by molar-refractivity contribution is -0.168. The molecule has 0 radical (unpaired) electrons. The van der Waals surface area contributed by atoms with Gasteiger partial charge in [-0.25, -0.2) is 0 Å². The van der Waals surface area contributed by atoms with Crippen LogP contribution in [0.25, 0.3) is 0 Å². The van der Waals surface area contributed by atoms with Gasteiger partial charge in [0.25, 0.3) is 0 Å². The third-order valence-electron chi connectivity index (χ3n) is 11.0. The van der Waals surface area contributed by atoms with Crippen molar-refractivity contribution in [3.8, 4) is 0 Å². The summed E-state index contributed by atoms with van der Waals surface area (Å²) in [5, 5.41) is 11.4. The minimum absolute atomic E-state index is 0.0799. The molecule has 4 aliphatic rings. The van der Waals surface area contributed by atoms with E-state index in [1.165, 1.54) is 44.9 Å². The Bertz CT molecular complexity index is 614. The third kappa shape index (κ3) is 3.54. The first kappa shape index (κ1) is 21.8. The molecule has 29 heavy (non-hydrogen) atoms. The summed E-state index contributed by atoms with van der Waals surface area (Å²) >= 11 is 0. The molecular formula is C27H46O2. The van der Waals surface area contributed by atoms with Crippen LogP contribution < -0.4 is 0 Å². The number of fused-ring (bicyclic) bond motifs is 5. The average molecular weight is 403 g/mol. The number of hydrogen-bond acceptors (Lipinski definition) is 2. The fraction of sp³-hybridized carbons (Fsp3) is 0.963. The number of rotatable bonds is 5. The van der Waals surface area contributed by atoms with Gasteiger partial charge in [0.2, 0.25) is 0 Å². The van der Waals surface area contributed by atoms with Gasteiger partial charge < -0.3 is 5.11 Å². The summed E-state index contributed by atoms with van der Waals surface area (Å²) < 4.78 is 0. The smallest absolute Gasteiger partial charge is 0.132 e. The van der Waals surface area contributed by atoms with Gasteiger partial charge >= 0.3 is 0 Å². The van der Waals surface area contributed by atoms with Crippen LogP contribution in [0.2, 0.25) is 0 Å². The van der Waals surface area contributed by atoms with Gasteiger partial charge in [0, 0.05) is 12.8 Å². The zero-order valence-electron chi connectivity index (χ0n) is 19.8. The molecule has 166 valence electrons. The summed E-state index contributed by atoms with van der Waals surface area (Å²) in [5.74, 6) is 5.33. The van der Waals surface area contributed by atoms with Gasteiger partial charge in [-0.3, -0.25) is 4.79 Å². The number of aliphatic hydroxyl groups excluding tert-OH is 1. The van der Waals surface area contributed by atoms with Crippen molar-refractivity contribution in [2.45, 2.75) is 111 Å². The molecule has 4 rings (SSSR count). The number of carbonyl (C=O) groups excluding carboxylic acids is 1. The largest absolute Gasteiger partial charge is 0.393 e. The van der Waals surface area contributed by atoms with Crippen molar-refractivity contribution in [1.82, 2.24) is 0 Å². The van der Waals surface area contributed by atoms with Crippen LogP contribution in [-0.2, 0) is 4.79 Å². The summed E-state index contributed by atoms with van der Waals surface area (Å²) in [6.07, 6.45) is 12.9. The van der Waals surface area contributed by atoms with Crippen molar-refractivity contribution < 1.29 is 9.90 Å². The highest BCUT2D eigenvalue weighted by Crippen LogP contribution is 2.68. The van der Waals surface area contributed by atoms with Gasteiger partial charge in [-0.15, -0.1) is 0 Å². The summed E-state index contributed by atoms with van der Waals surface area (Å²) in [7, 11) is 0. The first-order chi connectivity index (χ1) is 13.7. The first-order valence-electron chi connectivity index (χ1n) is 12.9. The molecule has 0 spiro atoms. The van der Waals surface area contributed by atoms with Crippen LogP contribution in [0.15, 0.2) is 0 Å². The normalized spacial score (nSPS) is 50.3. The third-order valence-corrected chi connectivity index (χ3v) is 11.0. The van der Waals surface area contributed by atoms with Crippen LogP contribution in [0.3, 0.4) is 0 Å². The minimum atomic E-state index is -0.0799. The molecule has 0 saturated heterocycles. The molecule has 0 bridgehead atoms. The van der Waals surface area contributed by atoms with Gasteiger partial charge in [0.05, 0.1) is 6.10 Å². The molecule has 2 heteroatoms. The summed E-state index contributed by atoms with van der Waals surface area (Å²) in [6.45, 7) is 12.0. The zero-order valence-corrected chi connectivity index (χ0v) is 19.8. The topological polar surface area (TPSA) is 37.3 Å². The number of ketones is 1. The molecule has 2 nitrogen and oxygen atoms in total. The lowest BCUT2D eigenvalue weighted by Crippen LogP contribution is -2.58. The average Bonchev–Trinajstić information content (AvgIpc) is 3.04. The van der Waals surface area contributed by atoms with E-state index in [4.69, 9.17) is 0 Å². The summed E-state index contributed by atoms with van der Waals surface area (Å²) in [5.41, 5.74) is 0.844. The molecule has 4 saturated carbocycles. The molecule has 0 aromatic carbocycles. The van der Waals surface area contributed by atoms with Crippen LogP contribution >= 0.6 is 0 Å². The van der Waals surface area contributed by atoms with E-state index in [1.54, 1.807) is 0 Å². The highest BCUT2D eigenvalue weighted by atomic mass is 16.3. The van der Waals surface area contributed by atoms with Gasteiger partial charge in [-0.2, -0.15) is 0 Å². The minimum Gasteiger partial charge on any atom is -0.393 e. The van der Waals surface area contributed by atoms with Gasteiger partial charge in [-0.1, -0.05) is 41.0 Å². The Hall–Kier alpha value is -0.370. The molecule has 4 aliphatic carbocycles. The number of Topliss-reactive ketones (excluding diaryl/α,β-unsaturated/α-hetero) is 1. The van der Waals surface area contributed by atoms with E-state index in [9.17, 15) is 9.90 Å². The Labute approximate surface area is 179 Å². The highest BCUT2D eigenvalue weighted by molar-refractivity contribution is 5.77. The Morgan fingerprint density at radius 1 is 1.03 bits per heavy atom. The quantitative estimate of drug-likeness (QED) is 0.559. The van der Waals surface area contributed by atoms with Crippen molar-refractivity contribution in [3.63, 3.8) is 0 Å². The fourth-order valence-corrected chi connectivity index (χ4v) is 9.18. The van der Waals surface area contributed by atoms with E-state index in [1.807, 2.05) is 6.92 Å². The zero-order chi connectivity index (χ0) is 21.0. The number of aliphatic hydroxyl groups is 1. The lowest BCUT2D eigenvalue weighted by atomic mass is 9.43. The van der Waals surface area contributed by atoms with Crippen molar-refractivity contribution in [1.29, 1.82) is 0 Å². The van der Waals surface area contributed by atoms with E-state index in [0.29, 0.717) is 40.8 Å². The predicted octanol–water partition coefficient (Wildman–Crippen LogP) is 6.65. The van der Waals surface area contributed by atoms with Crippen molar-refractivity contribution >= 4 is 5.78 Å². The molecular weight excluding hydrogens is 356 g/mol. The molecule has 0 aromatic rings. The van der Waals surface area contributed by atoms with Crippen molar-refractivity contribution in [2.75, 3.05) is 0 Å². The maximum absolute atomic E-state index is 11.9. The first-order valence-corrected chi connectivity index (χ1v) is 12.9. The summed E-state index contributed by atoms with van der Waals surface area (Å²) in [4.78, 5) is 11.9. The molecule has 0 heterocycles. The molecule has 0 aromatic heterocycles. The maximum Gasteiger partial charge on any atom is 0.132 e. The highest BCUT2D eigenvalue weighted by Gasteiger charge is 2.62. The van der Waals surface area contributed by atoms with Crippen LogP contribution in [0, 0.1) is 52.3 Å². The molecule has 4 fully saturated rings. The SMILES string of the molecule is CCC(=O)CC[C@@H](C)C1CCC2C3C(O)C[C@@H]4C[C@@H](C)CC[C@]4(C)C3CC[C@@]21C. The van der Waals surface area contributed by atoms with Crippen molar-refractivity contribution in [3.05, 3.63) is 0 Å². The van der Waals surface area contributed by atoms with E-state index < -0.39 is 0 Å². The second-order valence-electron chi connectivity index (χ2n) is 12.3. The molecule has 5 unspecified atom stereocenters. The van der Waals surface area contributed by atoms with Gasteiger partial charge in [0.1, 0.15) is 5.78 Å². The predicted molar refractivity (Wildman–Crippen MR) is 119 cm³/mol. The fourth-order valence-electron chi connectivity index (χ4n) is 9.18. The second-order valence-corrected chi connectivity index (χ2v) is 12.3. The molecule has 0 amide bonds. The van der Waals surface area contributed by atoms with Crippen LogP contribution in [0.5, 0.6) is 0 Å². The molecule has 1 N–H and O–H groups in total. The molecule has 10 atom stereocenters. The van der Waals surface area contributed by atoms with Crippen LogP contribution in [0.4, 0.5) is 0 Å². The van der Waals surface area contributed by atoms with E-state index in [2.05, 4.69) is 27.7 Å². The van der Waals surface area contributed by atoms with Crippen LogP contribution in [-0.4, -0.2) is 17.0 Å². The number of carbonyl (C=O) groups is 1. The van der Waals surface area contributed by atoms with Gasteiger partial charge in [-0.05, 0) is 104 Å². The standard InChI is InChI=1S/C27H46O2/c1-6-20(28)8-7-18(3)21-9-10-22-25-23(12-14-27(21,22)5)26(4)13-11-17(2)15-19(26)16-24(25)29/h17-19,21-25,29H,6-16H2,1-5H3/t17-,18+,19-,21?,22?,23?,24?,25?,26-,27+/m0/s1. The van der Waals surface area contributed by atoms with Gasteiger partial charge in [0.15, 0.2) is 0 Å². The lowest BCUT2D eigenvalue weighted by Gasteiger charge is -2.62. The summed E-state index contributed by atoms with van der Waals surface area (Å²) in [6, 6.07) is 0. The van der Waals surface area contributed by atoms with E-state index in [-0.39, 0.29) is 6.10 Å². The molecule has 0 aliphatic heterocycles. The maximum atomic E-state index is 11.9. The Morgan fingerprint density at radius 2 is 1.72 bits per heavy atom. The Balaban J connectivity index is 1.53. The Morgan fingerprint density at radius 3 is 2.45 bits per heavy atom. The number of hydrogen-bond donors (Lipinski definition) is 1.